The van der Waals surface area contributed by atoms with Crippen molar-refractivity contribution < 1.29 is 9.32 Å². The van der Waals surface area contributed by atoms with Gasteiger partial charge in [-0.05, 0) is 61.4 Å². The molecule has 2 aliphatic rings. The molecule has 2 fully saturated rings. The molecule has 1 saturated heterocycles. The van der Waals surface area contributed by atoms with Crippen molar-refractivity contribution in [2.75, 3.05) is 31.1 Å². The third kappa shape index (κ3) is 3.89. The predicted molar refractivity (Wildman–Crippen MR) is 116 cm³/mol. The van der Waals surface area contributed by atoms with E-state index in [1.165, 1.54) is 6.42 Å². The molecule has 31 heavy (non-hydrogen) atoms. The lowest BCUT2D eigenvalue weighted by Crippen LogP contribution is -2.48. The maximum absolute atomic E-state index is 12.7. The molecule has 2 aromatic carbocycles. The molecule has 1 aliphatic heterocycles. The summed E-state index contributed by atoms with van der Waals surface area (Å²) in [6.45, 7) is 2.87. The lowest BCUT2D eigenvalue weighted by molar-refractivity contribution is 0.0747. The van der Waals surface area contributed by atoms with Crippen molar-refractivity contribution in [1.29, 1.82) is 5.26 Å². The number of rotatable bonds is 4. The minimum Gasteiger partial charge on any atom is -0.368 e. The summed E-state index contributed by atoms with van der Waals surface area (Å²) >= 11 is 0. The van der Waals surface area contributed by atoms with Gasteiger partial charge in [-0.15, -0.1) is 0 Å². The van der Waals surface area contributed by atoms with E-state index in [1.54, 1.807) is 24.3 Å². The highest BCUT2D eigenvalue weighted by Gasteiger charge is 2.26. The second-order valence-corrected chi connectivity index (χ2v) is 8.10. The van der Waals surface area contributed by atoms with Gasteiger partial charge in [-0.2, -0.15) is 10.2 Å². The minimum atomic E-state index is 0.0128. The number of carbonyl (C=O) groups excluding carboxylic acids is 1. The first kappa shape index (κ1) is 19.3. The number of amides is 1. The van der Waals surface area contributed by atoms with E-state index in [4.69, 9.17) is 9.78 Å². The Labute approximate surface area is 180 Å². The van der Waals surface area contributed by atoms with Gasteiger partial charge >= 0.3 is 0 Å². The van der Waals surface area contributed by atoms with Crippen LogP contribution in [0.2, 0.25) is 0 Å². The number of piperazine rings is 1. The van der Waals surface area contributed by atoms with Gasteiger partial charge in [0.15, 0.2) is 0 Å². The molecule has 1 aromatic heterocycles. The zero-order valence-corrected chi connectivity index (χ0v) is 17.2. The van der Waals surface area contributed by atoms with E-state index < -0.39 is 0 Å². The Balaban J connectivity index is 1.20. The van der Waals surface area contributed by atoms with Gasteiger partial charge in [0.25, 0.3) is 5.91 Å². The van der Waals surface area contributed by atoms with E-state index in [0.29, 0.717) is 36.0 Å². The highest BCUT2D eigenvalue weighted by atomic mass is 16.5. The number of hydrogen-bond donors (Lipinski definition) is 0. The van der Waals surface area contributed by atoms with Crippen LogP contribution >= 0.6 is 0 Å². The highest BCUT2D eigenvalue weighted by Crippen LogP contribution is 2.36. The fourth-order valence-electron chi connectivity index (χ4n) is 4.03. The average Bonchev–Trinajstić information content (AvgIpc) is 3.27. The molecule has 0 bridgehead atoms. The Morgan fingerprint density at radius 1 is 1.00 bits per heavy atom. The topological polar surface area (TPSA) is 86.3 Å². The Morgan fingerprint density at radius 3 is 2.32 bits per heavy atom. The fourth-order valence-corrected chi connectivity index (χ4v) is 4.03. The second-order valence-electron chi connectivity index (χ2n) is 8.10. The monoisotopic (exact) mass is 413 g/mol. The third-order valence-electron chi connectivity index (χ3n) is 6.21. The zero-order chi connectivity index (χ0) is 21.2. The highest BCUT2D eigenvalue weighted by molar-refractivity contribution is 5.94. The lowest BCUT2D eigenvalue weighted by atomic mass is 9.85. The van der Waals surface area contributed by atoms with Crippen molar-refractivity contribution >= 4 is 11.6 Å². The summed E-state index contributed by atoms with van der Waals surface area (Å²) in [6, 6.07) is 17.1. The molecule has 0 atom stereocenters. The summed E-state index contributed by atoms with van der Waals surface area (Å²) in [5.74, 6) is 1.85. The zero-order valence-electron chi connectivity index (χ0n) is 17.2. The van der Waals surface area contributed by atoms with Crippen molar-refractivity contribution in [3.05, 3.63) is 65.5 Å². The normalized spacial score (nSPS) is 16.6. The Hall–Kier alpha value is -3.66. The Morgan fingerprint density at radius 2 is 1.71 bits per heavy atom. The summed E-state index contributed by atoms with van der Waals surface area (Å²) in [6.07, 6.45) is 3.52. The lowest BCUT2D eigenvalue weighted by Gasteiger charge is -2.36. The number of nitriles is 1. The van der Waals surface area contributed by atoms with Gasteiger partial charge in [-0.25, -0.2) is 0 Å². The van der Waals surface area contributed by atoms with Crippen molar-refractivity contribution in [2.24, 2.45) is 0 Å². The number of aromatic nitrogens is 2. The number of hydrogen-bond acceptors (Lipinski definition) is 6. The smallest absolute Gasteiger partial charge is 0.253 e. The van der Waals surface area contributed by atoms with Crippen molar-refractivity contribution in [3.8, 4) is 17.5 Å². The molecular formula is C24H23N5O2. The van der Waals surface area contributed by atoms with Crippen molar-refractivity contribution in [2.45, 2.75) is 25.2 Å². The van der Waals surface area contributed by atoms with Crippen LogP contribution in [0, 0.1) is 11.3 Å². The number of benzene rings is 2. The van der Waals surface area contributed by atoms with Crippen LogP contribution in [0.25, 0.3) is 11.4 Å². The van der Waals surface area contributed by atoms with Gasteiger partial charge in [0.1, 0.15) is 0 Å². The summed E-state index contributed by atoms with van der Waals surface area (Å²) in [7, 11) is 0. The Bertz CT molecular complexity index is 1100. The van der Waals surface area contributed by atoms with Gasteiger partial charge in [0.2, 0.25) is 11.7 Å². The van der Waals surface area contributed by atoms with E-state index >= 15 is 0 Å². The molecule has 7 heteroatoms. The van der Waals surface area contributed by atoms with E-state index in [1.807, 2.05) is 17.0 Å². The van der Waals surface area contributed by atoms with Crippen molar-refractivity contribution in [3.63, 3.8) is 0 Å². The van der Waals surface area contributed by atoms with Crippen LogP contribution in [0.1, 0.15) is 47.0 Å². The molecule has 0 N–H and O–H groups in total. The third-order valence-corrected chi connectivity index (χ3v) is 6.21. The Kier molecular flexibility index (Phi) is 5.13. The molecule has 7 nitrogen and oxygen atoms in total. The molecule has 156 valence electrons. The molecule has 3 aromatic rings. The fraction of sp³-hybridized carbons (Fsp3) is 0.333. The van der Waals surface area contributed by atoms with Crippen LogP contribution in [0.15, 0.2) is 53.1 Å². The van der Waals surface area contributed by atoms with E-state index in [9.17, 15) is 4.79 Å². The van der Waals surface area contributed by atoms with Gasteiger partial charge in [0.05, 0.1) is 11.6 Å². The maximum Gasteiger partial charge on any atom is 0.253 e. The molecular weight excluding hydrogens is 390 g/mol. The van der Waals surface area contributed by atoms with E-state index in [-0.39, 0.29) is 5.91 Å². The van der Waals surface area contributed by atoms with Crippen LogP contribution in [-0.4, -0.2) is 47.1 Å². The van der Waals surface area contributed by atoms with Crippen LogP contribution in [0.4, 0.5) is 5.69 Å². The maximum atomic E-state index is 12.7. The standard InChI is InChI=1S/C24H23N5O2/c25-16-17-4-6-20(7-5-17)24(30)29-14-12-28(13-15-29)21-10-8-18(9-11-21)22-26-23(31-27-22)19-2-1-3-19/h4-11,19H,1-3,12-15H2. The number of carbonyl (C=O) groups is 1. The number of nitrogens with zero attached hydrogens (tertiary/aromatic N) is 5. The van der Waals surface area contributed by atoms with Crippen molar-refractivity contribution in [1.82, 2.24) is 15.0 Å². The molecule has 5 rings (SSSR count). The first-order chi connectivity index (χ1) is 15.2. The average molecular weight is 413 g/mol. The second kappa shape index (κ2) is 8.23. The molecule has 2 heterocycles. The van der Waals surface area contributed by atoms with Gasteiger partial charge < -0.3 is 14.3 Å². The quantitative estimate of drug-likeness (QED) is 0.646. The SMILES string of the molecule is N#Cc1ccc(C(=O)N2CCN(c3ccc(-c4noc(C5CCC5)n4)cc3)CC2)cc1. The summed E-state index contributed by atoms with van der Waals surface area (Å²) < 4.78 is 5.43. The first-order valence-corrected chi connectivity index (χ1v) is 10.7. The summed E-state index contributed by atoms with van der Waals surface area (Å²) in [5.41, 5.74) is 3.26. The van der Waals surface area contributed by atoms with Gasteiger partial charge in [-0.1, -0.05) is 11.6 Å². The van der Waals surface area contributed by atoms with E-state index in [2.05, 4.69) is 33.2 Å². The summed E-state index contributed by atoms with van der Waals surface area (Å²) in [4.78, 5) is 21.4. The molecule has 1 saturated carbocycles. The molecule has 1 aliphatic carbocycles. The van der Waals surface area contributed by atoms with Crippen LogP contribution in [-0.2, 0) is 0 Å². The summed E-state index contributed by atoms with van der Waals surface area (Å²) in [5, 5.41) is 13.0. The largest absolute Gasteiger partial charge is 0.368 e. The van der Waals surface area contributed by atoms with Crippen LogP contribution in [0.5, 0.6) is 0 Å². The molecule has 1 amide bonds. The minimum absolute atomic E-state index is 0.0128. The van der Waals surface area contributed by atoms with Crippen LogP contribution in [0.3, 0.4) is 0 Å². The predicted octanol–water partition coefficient (Wildman–Crippen LogP) is 3.84. The van der Waals surface area contributed by atoms with Gasteiger partial charge in [0, 0.05) is 48.9 Å². The first-order valence-electron chi connectivity index (χ1n) is 10.7. The molecule has 0 radical (unpaired) electrons. The molecule has 0 spiro atoms. The number of anilines is 1. The van der Waals surface area contributed by atoms with Gasteiger partial charge in [-0.3, -0.25) is 4.79 Å². The molecule has 0 unspecified atom stereocenters. The van der Waals surface area contributed by atoms with E-state index in [0.717, 1.165) is 43.1 Å². The van der Waals surface area contributed by atoms with Crippen LogP contribution < -0.4 is 4.90 Å².